The van der Waals surface area contributed by atoms with E-state index in [0.717, 1.165) is 0 Å². The molecule has 0 fully saturated rings. The quantitative estimate of drug-likeness (QED) is 0.461. The molecule has 0 unspecified atom stereocenters. The van der Waals surface area contributed by atoms with Crippen LogP contribution in [0.5, 0.6) is 0 Å². The third-order valence-corrected chi connectivity index (χ3v) is 2.60. The predicted molar refractivity (Wildman–Crippen MR) is 79.2 cm³/mol. The van der Waals surface area contributed by atoms with Crippen LogP contribution in [0.1, 0.15) is 26.3 Å². The van der Waals surface area contributed by atoms with Crippen LogP contribution in [0.15, 0.2) is 52.8 Å². The minimum absolute atomic E-state index is 1.25. The molecule has 0 spiro atoms. The molecule has 0 nitrogen and oxygen atoms in total. The van der Waals surface area contributed by atoms with Gasteiger partial charge in [-0.05, 0) is 30.9 Å². The molecular formula is C14H21ClS. The van der Waals surface area contributed by atoms with Gasteiger partial charge >= 0.3 is 0 Å². The number of halogens is 1. The molecule has 0 bridgehead atoms. The molecular weight excluding hydrogens is 236 g/mol. The lowest BCUT2D eigenvalue weighted by molar-refractivity contribution is 1.31. The van der Waals surface area contributed by atoms with E-state index in [9.17, 15) is 0 Å². The molecule has 1 aromatic carbocycles. The molecule has 0 aliphatic rings. The van der Waals surface area contributed by atoms with Crippen LogP contribution in [0.25, 0.3) is 0 Å². The molecule has 1 rings (SSSR count). The molecule has 16 heavy (non-hydrogen) atoms. The van der Waals surface area contributed by atoms with E-state index in [1.807, 2.05) is 38.3 Å². The van der Waals surface area contributed by atoms with E-state index in [4.69, 9.17) is 11.6 Å². The average Bonchev–Trinajstić information content (AvgIpc) is 2.32. The van der Waals surface area contributed by atoms with Gasteiger partial charge in [0.15, 0.2) is 0 Å². The maximum Gasteiger partial charge on any atom is 0.0145 e. The number of allylic oxidation sites excluding steroid dienone is 1. The van der Waals surface area contributed by atoms with Crippen molar-refractivity contribution >= 4 is 23.4 Å². The lowest BCUT2D eigenvalue weighted by atomic mass is 10.2. The summed E-state index contributed by atoms with van der Waals surface area (Å²) < 4.78 is 0. The van der Waals surface area contributed by atoms with Crippen LogP contribution in [-0.2, 0) is 0 Å². The zero-order chi connectivity index (χ0) is 12.8. The molecule has 90 valence electrons. The number of benzene rings is 1. The van der Waals surface area contributed by atoms with Crippen molar-refractivity contribution in [1.29, 1.82) is 0 Å². The fraction of sp³-hybridized carbons (Fsp3) is 0.286. The van der Waals surface area contributed by atoms with Gasteiger partial charge < -0.3 is 0 Å². The lowest BCUT2D eigenvalue weighted by Gasteiger charge is -1.98. The molecule has 1 aromatic rings. The molecule has 0 aliphatic carbocycles. The first-order valence-corrected chi connectivity index (χ1v) is 6.62. The fourth-order valence-corrected chi connectivity index (χ4v) is 1.55. The minimum Gasteiger partial charge on any atom is -0.103 e. The normalized spacial score (nSPS) is 8.56. The van der Waals surface area contributed by atoms with Crippen molar-refractivity contribution in [1.82, 2.24) is 0 Å². The second-order valence-electron chi connectivity index (χ2n) is 2.55. The first-order valence-electron chi connectivity index (χ1n) is 5.30. The maximum absolute atomic E-state index is 5.40. The van der Waals surface area contributed by atoms with Gasteiger partial charge in [0, 0.05) is 10.4 Å². The van der Waals surface area contributed by atoms with Gasteiger partial charge in [-0.25, -0.2) is 0 Å². The van der Waals surface area contributed by atoms with Crippen LogP contribution in [0.4, 0.5) is 0 Å². The Kier molecular flexibility index (Phi) is 15.9. The minimum atomic E-state index is 1.25. The summed E-state index contributed by atoms with van der Waals surface area (Å²) in [4.78, 5) is 1.25. The number of aryl methyl sites for hydroxylation is 1. The van der Waals surface area contributed by atoms with Crippen molar-refractivity contribution in [3.05, 3.63) is 53.4 Å². The second kappa shape index (κ2) is 14.3. The molecule has 0 N–H and O–H groups in total. The second-order valence-corrected chi connectivity index (χ2v) is 3.75. The van der Waals surface area contributed by atoms with E-state index in [0.29, 0.717) is 0 Å². The topological polar surface area (TPSA) is 0 Å². The van der Waals surface area contributed by atoms with Gasteiger partial charge in [-0.2, -0.15) is 0 Å². The summed E-state index contributed by atoms with van der Waals surface area (Å²) in [7, 11) is 0. The summed E-state index contributed by atoms with van der Waals surface area (Å²) in [5, 5.41) is 1.86. The van der Waals surface area contributed by atoms with Crippen molar-refractivity contribution < 1.29 is 0 Å². The van der Waals surface area contributed by atoms with Crippen molar-refractivity contribution in [2.45, 2.75) is 32.6 Å². The van der Waals surface area contributed by atoms with Gasteiger partial charge in [0.1, 0.15) is 0 Å². The highest BCUT2D eigenvalue weighted by molar-refractivity contribution is 8.02. The highest BCUT2D eigenvalue weighted by atomic mass is 35.5. The molecule has 0 radical (unpaired) electrons. The zero-order valence-corrected chi connectivity index (χ0v) is 12.1. The van der Waals surface area contributed by atoms with Crippen LogP contribution in [0, 0.1) is 6.92 Å². The Morgan fingerprint density at radius 1 is 1.25 bits per heavy atom. The van der Waals surface area contributed by atoms with Gasteiger partial charge in [0.25, 0.3) is 0 Å². The van der Waals surface area contributed by atoms with E-state index in [2.05, 4.69) is 25.6 Å². The van der Waals surface area contributed by atoms with Gasteiger partial charge in [0.05, 0.1) is 0 Å². The molecule has 0 aliphatic heterocycles. The Hall–Kier alpha value is -0.660. The van der Waals surface area contributed by atoms with E-state index < -0.39 is 0 Å². The summed E-state index contributed by atoms with van der Waals surface area (Å²) in [6.45, 7) is 11.3. The van der Waals surface area contributed by atoms with E-state index in [-0.39, 0.29) is 0 Å². The van der Waals surface area contributed by atoms with Crippen LogP contribution in [-0.4, -0.2) is 0 Å². The van der Waals surface area contributed by atoms with Crippen molar-refractivity contribution in [2.24, 2.45) is 0 Å². The van der Waals surface area contributed by atoms with Crippen LogP contribution in [0.2, 0.25) is 0 Å². The summed E-state index contributed by atoms with van der Waals surface area (Å²) in [5.41, 5.74) is 2.81. The van der Waals surface area contributed by atoms with Crippen molar-refractivity contribution in [3.63, 3.8) is 0 Å². The first kappa shape index (κ1) is 17.7. The molecule has 0 amide bonds. The third kappa shape index (κ3) is 9.88. The molecule has 0 saturated carbocycles. The summed E-state index contributed by atoms with van der Waals surface area (Å²) in [5.74, 6) is 0. The van der Waals surface area contributed by atoms with E-state index >= 15 is 0 Å². The molecule has 0 heterocycles. The number of rotatable bonds is 2. The van der Waals surface area contributed by atoms with Crippen LogP contribution >= 0.6 is 23.4 Å². The van der Waals surface area contributed by atoms with E-state index in [1.54, 1.807) is 17.8 Å². The monoisotopic (exact) mass is 256 g/mol. The van der Waals surface area contributed by atoms with Crippen molar-refractivity contribution in [2.75, 3.05) is 0 Å². The standard InChI is InChI=1S/C9H9ClS.C3H6.C2H6/c1-8-4-2-3-5-9(8)11-7-6-10;1-3-2;1-2/h2-7H,1H3;3H,1H2,2H3;1-2H3/b7-6+;;. The first-order chi connectivity index (χ1) is 7.76. The van der Waals surface area contributed by atoms with E-state index in [1.165, 1.54) is 16.0 Å². The van der Waals surface area contributed by atoms with Gasteiger partial charge in [0.2, 0.25) is 0 Å². The Bertz CT molecular complexity index is 293. The highest BCUT2D eigenvalue weighted by Gasteiger charge is 1.92. The van der Waals surface area contributed by atoms with Gasteiger partial charge in [-0.15, -0.1) is 6.58 Å². The average molecular weight is 257 g/mol. The zero-order valence-electron chi connectivity index (χ0n) is 10.5. The van der Waals surface area contributed by atoms with Gasteiger partial charge in [-0.1, -0.05) is 61.5 Å². The van der Waals surface area contributed by atoms with Crippen LogP contribution in [0.3, 0.4) is 0 Å². The summed E-state index contributed by atoms with van der Waals surface area (Å²) in [6, 6.07) is 8.22. The molecule has 0 saturated heterocycles. The Morgan fingerprint density at radius 2 is 1.75 bits per heavy atom. The predicted octanol–water partition coefficient (Wildman–Crippen LogP) is 6.02. The molecule has 0 aromatic heterocycles. The van der Waals surface area contributed by atoms with Crippen LogP contribution < -0.4 is 0 Å². The number of hydrogen-bond acceptors (Lipinski definition) is 1. The van der Waals surface area contributed by atoms with Crippen molar-refractivity contribution in [3.8, 4) is 0 Å². The number of hydrogen-bond donors (Lipinski definition) is 0. The lowest BCUT2D eigenvalue weighted by Crippen LogP contribution is -1.74. The summed E-state index contributed by atoms with van der Waals surface area (Å²) in [6.07, 6.45) is 1.75. The van der Waals surface area contributed by atoms with Gasteiger partial charge in [-0.3, -0.25) is 0 Å². The Labute approximate surface area is 109 Å². The third-order valence-electron chi connectivity index (χ3n) is 1.34. The SMILES string of the molecule is C=CC.CC.Cc1ccccc1S/C=C/Cl. The maximum atomic E-state index is 5.40. The Morgan fingerprint density at radius 3 is 2.19 bits per heavy atom. The Balaban J connectivity index is 0. The highest BCUT2D eigenvalue weighted by Crippen LogP contribution is 2.22. The molecule has 2 heteroatoms. The fourth-order valence-electron chi connectivity index (χ4n) is 0.788. The smallest absolute Gasteiger partial charge is 0.0145 e. The molecule has 0 atom stereocenters. The largest absolute Gasteiger partial charge is 0.103 e. The number of thioether (sulfide) groups is 1. The summed E-state index contributed by atoms with van der Waals surface area (Å²) >= 11 is 7.04.